The average molecular weight is 401 g/mol. The van der Waals surface area contributed by atoms with Gasteiger partial charge in [0.1, 0.15) is 5.75 Å². The van der Waals surface area contributed by atoms with Crippen molar-refractivity contribution in [3.05, 3.63) is 77.9 Å². The summed E-state index contributed by atoms with van der Waals surface area (Å²) in [7, 11) is 0. The lowest BCUT2D eigenvalue weighted by Crippen LogP contribution is -2.25. The van der Waals surface area contributed by atoms with Gasteiger partial charge in [-0.2, -0.15) is 5.10 Å². The zero-order valence-electron chi connectivity index (χ0n) is 17.4. The van der Waals surface area contributed by atoms with Crippen LogP contribution in [0, 0.1) is 0 Å². The Balaban J connectivity index is 1.30. The molecule has 0 aromatic heterocycles. The lowest BCUT2D eigenvalue weighted by molar-refractivity contribution is -0.123. The van der Waals surface area contributed by atoms with Gasteiger partial charge in [-0.05, 0) is 59.7 Å². The van der Waals surface area contributed by atoms with Gasteiger partial charge in [-0.1, -0.05) is 73.9 Å². The number of nitrogens with one attached hydrogen (secondary N) is 1. The van der Waals surface area contributed by atoms with Gasteiger partial charge in [0, 0.05) is 0 Å². The molecule has 0 radical (unpaired) electrons. The number of carbonyl (C=O) groups is 1. The maximum absolute atomic E-state index is 12.1. The van der Waals surface area contributed by atoms with Crippen LogP contribution in [0.1, 0.15) is 56.1 Å². The second-order valence-electron chi connectivity index (χ2n) is 7.99. The fourth-order valence-corrected chi connectivity index (χ4v) is 4.08. The van der Waals surface area contributed by atoms with E-state index in [0.29, 0.717) is 11.7 Å². The Morgan fingerprint density at radius 1 is 0.967 bits per heavy atom. The normalized spacial score (nSPS) is 15.2. The van der Waals surface area contributed by atoms with Gasteiger partial charge in [-0.25, -0.2) is 5.43 Å². The topological polar surface area (TPSA) is 50.7 Å². The van der Waals surface area contributed by atoms with Crippen LogP contribution in [0.4, 0.5) is 0 Å². The molecule has 3 aromatic rings. The SMILES string of the molecule is C/C(=N\NC(=O)COc1ccc2ccccc2c1)c1ccc(C2CCCCC2)cc1. The van der Waals surface area contributed by atoms with Gasteiger partial charge >= 0.3 is 0 Å². The second kappa shape index (κ2) is 9.57. The van der Waals surface area contributed by atoms with Crippen molar-refractivity contribution in [3.63, 3.8) is 0 Å². The first-order valence-corrected chi connectivity index (χ1v) is 10.7. The molecular formula is C26H28N2O2. The summed E-state index contributed by atoms with van der Waals surface area (Å²) < 4.78 is 5.62. The van der Waals surface area contributed by atoms with E-state index in [1.54, 1.807) is 0 Å². The van der Waals surface area contributed by atoms with Crippen molar-refractivity contribution in [3.8, 4) is 5.75 Å². The largest absolute Gasteiger partial charge is 0.484 e. The second-order valence-corrected chi connectivity index (χ2v) is 7.99. The van der Waals surface area contributed by atoms with Crippen molar-refractivity contribution in [2.45, 2.75) is 44.9 Å². The van der Waals surface area contributed by atoms with Crippen LogP contribution < -0.4 is 10.2 Å². The standard InChI is InChI=1S/C26H28N2O2/c1-19(20-11-13-23(14-12-20)21-7-3-2-4-8-21)27-28-26(29)18-30-25-16-15-22-9-5-6-10-24(22)17-25/h5-6,9-17,21H,2-4,7-8,18H2,1H3,(H,28,29)/b27-19+. The van der Waals surface area contributed by atoms with Crippen molar-refractivity contribution in [2.75, 3.05) is 6.61 Å². The molecule has 4 nitrogen and oxygen atoms in total. The monoisotopic (exact) mass is 400 g/mol. The van der Waals surface area contributed by atoms with Crippen molar-refractivity contribution < 1.29 is 9.53 Å². The molecule has 0 heterocycles. The van der Waals surface area contributed by atoms with Gasteiger partial charge in [0.05, 0.1) is 5.71 Å². The van der Waals surface area contributed by atoms with Gasteiger partial charge in [0.15, 0.2) is 6.61 Å². The quantitative estimate of drug-likeness (QED) is 0.419. The van der Waals surface area contributed by atoms with E-state index >= 15 is 0 Å². The summed E-state index contributed by atoms with van der Waals surface area (Å²) >= 11 is 0. The number of rotatable bonds is 6. The highest BCUT2D eigenvalue weighted by Crippen LogP contribution is 2.32. The third-order valence-electron chi connectivity index (χ3n) is 5.84. The van der Waals surface area contributed by atoms with E-state index < -0.39 is 0 Å². The van der Waals surface area contributed by atoms with Gasteiger partial charge < -0.3 is 4.74 Å². The zero-order valence-corrected chi connectivity index (χ0v) is 17.4. The Morgan fingerprint density at radius 3 is 2.47 bits per heavy atom. The van der Waals surface area contributed by atoms with Crippen LogP contribution in [0.15, 0.2) is 71.8 Å². The lowest BCUT2D eigenvalue weighted by atomic mass is 9.84. The number of amides is 1. The van der Waals surface area contributed by atoms with E-state index in [2.05, 4.69) is 34.8 Å². The smallest absolute Gasteiger partial charge is 0.277 e. The fraction of sp³-hybridized carbons (Fsp3) is 0.308. The summed E-state index contributed by atoms with van der Waals surface area (Å²) in [5.41, 5.74) is 5.81. The molecule has 0 bridgehead atoms. The van der Waals surface area contributed by atoms with Crippen LogP contribution >= 0.6 is 0 Å². The molecule has 3 aromatic carbocycles. The number of hydrazone groups is 1. The van der Waals surface area contributed by atoms with Gasteiger partial charge in [0.2, 0.25) is 0 Å². The van der Waals surface area contributed by atoms with Crippen molar-refractivity contribution >= 4 is 22.4 Å². The molecule has 0 unspecified atom stereocenters. The van der Waals surface area contributed by atoms with E-state index in [1.165, 1.54) is 37.7 Å². The Hall–Kier alpha value is -3.14. The number of hydrogen-bond acceptors (Lipinski definition) is 3. The molecule has 1 saturated carbocycles. The maximum Gasteiger partial charge on any atom is 0.277 e. The Labute approximate surface area is 178 Å². The van der Waals surface area contributed by atoms with E-state index in [1.807, 2.05) is 49.4 Å². The van der Waals surface area contributed by atoms with E-state index in [0.717, 1.165) is 22.0 Å². The summed E-state index contributed by atoms with van der Waals surface area (Å²) in [5.74, 6) is 1.08. The molecule has 30 heavy (non-hydrogen) atoms. The Morgan fingerprint density at radius 2 is 1.70 bits per heavy atom. The van der Waals surface area contributed by atoms with Gasteiger partial charge in [-0.3, -0.25) is 4.79 Å². The molecular weight excluding hydrogens is 372 g/mol. The average Bonchev–Trinajstić information content (AvgIpc) is 2.81. The Bertz CT molecular complexity index is 1030. The van der Waals surface area contributed by atoms with Crippen LogP contribution in [-0.4, -0.2) is 18.2 Å². The number of benzene rings is 3. The summed E-state index contributed by atoms with van der Waals surface area (Å²) in [6.07, 6.45) is 6.62. The molecule has 154 valence electrons. The summed E-state index contributed by atoms with van der Waals surface area (Å²) in [6, 6.07) is 22.5. The minimum absolute atomic E-state index is 0.0737. The minimum atomic E-state index is -0.277. The maximum atomic E-state index is 12.1. The molecule has 4 heteroatoms. The number of fused-ring (bicyclic) bond motifs is 1. The molecule has 0 saturated heterocycles. The van der Waals surface area contributed by atoms with Crippen LogP contribution in [-0.2, 0) is 4.79 Å². The molecule has 0 spiro atoms. The van der Waals surface area contributed by atoms with E-state index in [4.69, 9.17) is 4.74 Å². The summed E-state index contributed by atoms with van der Waals surface area (Å²) in [5, 5.41) is 6.46. The van der Waals surface area contributed by atoms with E-state index in [9.17, 15) is 4.79 Å². The molecule has 1 N–H and O–H groups in total. The highest BCUT2D eigenvalue weighted by molar-refractivity contribution is 5.99. The molecule has 1 aliphatic rings. The fourth-order valence-electron chi connectivity index (χ4n) is 4.08. The predicted molar refractivity (Wildman–Crippen MR) is 122 cm³/mol. The molecule has 1 fully saturated rings. The Kier molecular flexibility index (Phi) is 6.43. The number of carbonyl (C=O) groups excluding carboxylic acids is 1. The van der Waals surface area contributed by atoms with E-state index in [-0.39, 0.29) is 12.5 Å². The molecule has 4 rings (SSSR count). The molecule has 1 amide bonds. The first kappa shape index (κ1) is 20.1. The summed E-state index contributed by atoms with van der Waals surface area (Å²) in [4.78, 5) is 12.1. The van der Waals surface area contributed by atoms with Crippen LogP contribution in [0.2, 0.25) is 0 Å². The highest BCUT2D eigenvalue weighted by atomic mass is 16.5. The first-order chi connectivity index (χ1) is 14.7. The number of ether oxygens (including phenoxy) is 1. The van der Waals surface area contributed by atoms with Crippen LogP contribution in [0.25, 0.3) is 10.8 Å². The van der Waals surface area contributed by atoms with Crippen LogP contribution in [0.3, 0.4) is 0 Å². The van der Waals surface area contributed by atoms with Crippen molar-refractivity contribution in [2.24, 2.45) is 5.10 Å². The first-order valence-electron chi connectivity index (χ1n) is 10.7. The highest BCUT2D eigenvalue weighted by Gasteiger charge is 2.15. The third kappa shape index (κ3) is 5.07. The zero-order chi connectivity index (χ0) is 20.8. The predicted octanol–water partition coefficient (Wildman–Crippen LogP) is 5.81. The third-order valence-corrected chi connectivity index (χ3v) is 5.84. The molecule has 0 atom stereocenters. The minimum Gasteiger partial charge on any atom is -0.484 e. The molecule has 1 aliphatic carbocycles. The number of hydrogen-bond donors (Lipinski definition) is 1. The van der Waals surface area contributed by atoms with Gasteiger partial charge in [-0.15, -0.1) is 0 Å². The summed E-state index contributed by atoms with van der Waals surface area (Å²) in [6.45, 7) is 1.83. The molecule has 0 aliphatic heterocycles. The van der Waals surface area contributed by atoms with Crippen molar-refractivity contribution in [1.82, 2.24) is 5.43 Å². The van der Waals surface area contributed by atoms with Gasteiger partial charge in [0.25, 0.3) is 5.91 Å². The lowest BCUT2D eigenvalue weighted by Gasteiger charge is -2.22. The number of nitrogens with zero attached hydrogens (tertiary/aromatic N) is 1. The van der Waals surface area contributed by atoms with Crippen molar-refractivity contribution in [1.29, 1.82) is 0 Å². The van der Waals surface area contributed by atoms with Crippen LogP contribution in [0.5, 0.6) is 5.75 Å².